The van der Waals surface area contributed by atoms with E-state index in [0.717, 1.165) is 12.8 Å². The van der Waals surface area contributed by atoms with E-state index in [1.807, 2.05) is 0 Å². The Morgan fingerprint density at radius 2 is 2.10 bits per heavy atom. The van der Waals surface area contributed by atoms with E-state index in [1.165, 1.54) is 16.6 Å². The third kappa shape index (κ3) is 2.58. The van der Waals surface area contributed by atoms with Crippen LogP contribution in [0.5, 0.6) is 0 Å². The number of aromatic carboxylic acids is 1. The number of carbonyl (C=O) groups is 1. The van der Waals surface area contributed by atoms with Crippen LogP contribution in [0, 0.1) is 0 Å². The van der Waals surface area contributed by atoms with Crippen molar-refractivity contribution in [3.63, 3.8) is 0 Å². The van der Waals surface area contributed by atoms with E-state index in [2.05, 4.69) is 0 Å². The second-order valence-electron chi connectivity index (χ2n) is 5.51. The van der Waals surface area contributed by atoms with Crippen LogP contribution in [-0.4, -0.2) is 54.7 Å². The Kier molecular flexibility index (Phi) is 3.54. The molecule has 2 heterocycles. The number of hydrogen-bond donors (Lipinski definition) is 1. The number of rotatable bonds is 5. The van der Waals surface area contributed by atoms with E-state index in [1.54, 1.807) is 11.7 Å². The van der Waals surface area contributed by atoms with E-state index >= 15 is 0 Å². The number of sulfonamides is 1. The zero-order valence-corrected chi connectivity index (χ0v) is 12.5. The molecule has 21 heavy (non-hydrogen) atoms. The molecule has 1 aliphatic heterocycles. The van der Waals surface area contributed by atoms with E-state index in [4.69, 9.17) is 4.74 Å². The van der Waals surface area contributed by atoms with E-state index in [-0.39, 0.29) is 22.7 Å². The maximum atomic E-state index is 12.6. The Bertz CT molecular complexity index is 662. The second-order valence-corrected chi connectivity index (χ2v) is 7.45. The molecular weight excluding hydrogens is 296 g/mol. The first-order chi connectivity index (χ1) is 9.93. The normalized spacial score (nSPS) is 23.6. The summed E-state index contributed by atoms with van der Waals surface area (Å²) in [6.07, 6.45) is 3.80. The fraction of sp³-hybridized carbons (Fsp3) is 0.615. The van der Waals surface area contributed by atoms with Gasteiger partial charge in [0.2, 0.25) is 10.0 Å². The highest BCUT2D eigenvalue weighted by Crippen LogP contribution is 2.37. The van der Waals surface area contributed by atoms with Crippen molar-refractivity contribution >= 4 is 16.0 Å². The van der Waals surface area contributed by atoms with Gasteiger partial charge in [-0.1, -0.05) is 0 Å². The molecule has 0 bridgehead atoms. The topological polar surface area (TPSA) is 88.8 Å². The average Bonchev–Trinajstić information content (AvgIpc) is 3.01. The lowest BCUT2D eigenvalue weighted by atomic mass is 10.3. The summed E-state index contributed by atoms with van der Waals surface area (Å²) in [5, 5.41) is 9.22. The highest BCUT2D eigenvalue weighted by atomic mass is 32.2. The number of nitrogens with zero attached hydrogens (tertiary/aromatic N) is 2. The highest BCUT2D eigenvalue weighted by molar-refractivity contribution is 7.89. The molecule has 1 saturated carbocycles. The minimum absolute atomic E-state index is 0.0403. The molecule has 1 aromatic heterocycles. The lowest BCUT2D eigenvalue weighted by molar-refractivity contribution is 0.0685. The molecule has 1 saturated heterocycles. The largest absolute Gasteiger partial charge is 0.477 e. The van der Waals surface area contributed by atoms with E-state index < -0.39 is 16.0 Å². The molecular formula is C13H18N2O5S. The van der Waals surface area contributed by atoms with Crippen LogP contribution in [0.2, 0.25) is 0 Å². The number of methoxy groups -OCH3 is 1. The van der Waals surface area contributed by atoms with Gasteiger partial charge in [0.1, 0.15) is 10.6 Å². The van der Waals surface area contributed by atoms with Gasteiger partial charge in [0.25, 0.3) is 0 Å². The maximum Gasteiger partial charge on any atom is 0.352 e. The van der Waals surface area contributed by atoms with Crippen molar-refractivity contribution in [2.45, 2.75) is 36.3 Å². The van der Waals surface area contributed by atoms with Gasteiger partial charge in [-0.15, -0.1) is 0 Å². The van der Waals surface area contributed by atoms with Crippen LogP contribution in [0.15, 0.2) is 17.2 Å². The quantitative estimate of drug-likeness (QED) is 0.873. The fourth-order valence-corrected chi connectivity index (χ4v) is 4.19. The van der Waals surface area contributed by atoms with Gasteiger partial charge in [0.15, 0.2) is 0 Å². The molecule has 0 amide bonds. The van der Waals surface area contributed by atoms with Gasteiger partial charge in [-0.3, -0.25) is 0 Å². The number of carboxylic acids is 1. The van der Waals surface area contributed by atoms with Gasteiger partial charge in [0.05, 0.1) is 6.10 Å². The van der Waals surface area contributed by atoms with Crippen LogP contribution < -0.4 is 0 Å². The molecule has 1 aromatic rings. The Hall–Kier alpha value is -1.38. The Morgan fingerprint density at radius 1 is 1.38 bits per heavy atom. The summed E-state index contributed by atoms with van der Waals surface area (Å²) < 4.78 is 33.3. The first-order valence-corrected chi connectivity index (χ1v) is 8.35. The highest BCUT2D eigenvalue weighted by Gasteiger charge is 2.36. The Balaban J connectivity index is 1.92. The zero-order valence-electron chi connectivity index (χ0n) is 11.7. The molecule has 0 spiro atoms. The van der Waals surface area contributed by atoms with Crippen LogP contribution in [0.3, 0.4) is 0 Å². The molecule has 1 atom stereocenters. The molecule has 116 valence electrons. The molecule has 0 radical (unpaired) electrons. The molecule has 2 aliphatic rings. The van der Waals surface area contributed by atoms with E-state index in [9.17, 15) is 18.3 Å². The predicted octanol–water partition coefficient (Wildman–Crippen LogP) is 0.931. The number of hydrogen-bond acceptors (Lipinski definition) is 4. The summed E-state index contributed by atoms with van der Waals surface area (Å²) in [4.78, 5) is 11.3. The first kappa shape index (κ1) is 14.6. The molecule has 2 fully saturated rings. The standard InChI is InChI=1S/C13H18N2O5S/c1-20-10-4-5-14(7-10)21(18,19)11-6-12(13(16)17)15(8-11)9-2-3-9/h6,8-10H,2-5,7H2,1H3,(H,16,17). The van der Waals surface area contributed by atoms with Crippen molar-refractivity contribution in [2.24, 2.45) is 0 Å². The Labute approximate surface area is 123 Å². The van der Waals surface area contributed by atoms with Gasteiger partial charge in [0, 0.05) is 32.4 Å². The smallest absolute Gasteiger partial charge is 0.352 e. The summed E-state index contributed by atoms with van der Waals surface area (Å²) in [7, 11) is -2.09. The van der Waals surface area contributed by atoms with Crippen LogP contribution in [-0.2, 0) is 14.8 Å². The minimum Gasteiger partial charge on any atom is -0.477 e. The molecule has 8 heteroatoms. The van der Waals surface area contributed by atoms with Gasteiger partial charge in [-0.05, 0) is 25.3 Å². The van der Waals surface area contributed by atoms with Crippen LogP contribution in [0.4, 0.5) is 0 Å². The van der Waals surface area contributed by atoms with Crippen LogP contribution >= 0.6 is 0 Å². The average molecular weight is 314 g/mol. The van der Waals surface area contributed by atoms with Gasteiger partial charge < -0.3 is 14.4 Å². The van der Waals surface area contributed by atoms with Crippen molar-refractivity contribution in [2.75, 3.05) is 20.2 Å². The fourth-order valence-electron chi connectivity index (χ4n) is 2.68. The van der Waals surface area contributed by atoms with Crippen molar-refractivity contribution in [1.29, 1.82) is 0 Å². The van der Waals surface area contributed by atoms with Crippen molar-refractivity contribution in [3.05, 3.63) is 18.0 Å². The van der Waals surface area contributed by atoms with Gasteiger partial charge in [-0.2, -0.15) is 4.31 Å². The third-order valence-electron chi connectivity index (χ3n) is 4.06. The minimum atomic E-state index is -3.65. The SMILES string of the molecule is COC1CCN(S(=O)(=O)c2cc(C(=O)O)n(C3CC3)c2)C1. The maximum absolute atomic E-state index is 12.6. The van der Waals surface area contributed by atoms with E-state index in [0.29, 0.717) is 19.5 Å². The summed E-state index contributed by atoms with van der Waals surface area (Å²) in [5.74, 6) is -1.10. The first-order valence-electron chi connectivity index (χ1n) is 6.91. The molecule has 0 aromatic carbocycles. The summed E-state index contributed by atoms with van der Waals surface area (Å²) in [5.41, 5.74) is 0.0403. The molecule has 1 unspecified atom stereocenters. The Morgan fingerprint density at radius 3 is 2.62 bits per heavy atom. The lowest BCUT2D eigenvalue weighted by Gasteiger charge is -2.15. The summed E-state index contributed by atoms with van der Waals surface area (Å²) >= 11 is 0. The molecule has 1 aliphatic carbocycles. The zero-order chi connectivity index (χ0) is 15.2. The van der Waals surface area contributed by atoms with Crippen LogP contribution in [0.25, 0.3) is 0 Å². The summed E-state index contributed by atoms with van der Waals surface area (Å²) in [6, 6.07) is 1.38. The second kappa shape index (κ2) is 5.11. The number of ether oxygens (including phenoxy) is 1. The number of aromatic nitrogens is 1. The molecule has 1 N–H and O–H groups in total. The predicted molar refractivity (Wildman–Crippen MR) is 73.8 cm³/mol. The molecule has 3 rings (SSSR count). The van der Waals surface area contributed by atoms with Crippen molar-refractivity contribution < 1.29 is 23.1 Å². The van der Waals surface area contributed by atoms with Crippen molar-refractivity contribution in [3.8, 4) is 0 Å². The monoisotopic (exact) mass is 314 g/mol. The van der Waals surface area contributed by atoms with Crippen molar-refractivity contribution in [1.82, 2.24) is 8.87 Å². The molecule has 7 nitrogen and oxygen atoms in total. The van der Waals surface area contributed by atoms with Crippen LogP contribution in [0.1, 0.15) is 35.8 Å². The number of carboxylic acid groups (broad SMARTS) is 1. The van der Waals surface area contributed by atoms with Gasteiger partial charge >= 0.3 is 5.97 Å². The lowest BCUT2D eigenvalue weighted by Crippen LogP contribution is -2.29. The third-order valence-corrected chi connectivity index (χ3v) is 5.89. The van der Waals surface area contributed by atoms with Gasteiger partial charge in [-0.25, -0.2) is 13.2 Å². The summed E-state index contributed by atoms with van der Waals surface area (Å²) in [6.45, 7) is 0.716.